The molecule has 0 aliphatic carbocycles. The zero-order valence-electron chi connectivity index (χ0n) is 11.7. The van der Waals surface area contributed by atoms with Crippen LogP contribution in [-0.4, -0.2) is 47.4 Å². The summed E-state index contributed by atoms with van der Waals surface area (Å²) >= 11 is 0. The van der Waals surface area contributed by atoms with Crippen molar-refractivity contribution in [3.8, 4) is 0 Å². The molecule has 1 rings (SSSR count). The molecule has 1 unspecified atom stereocenters. The number of aliphatic hydroxyl groups is 1. The standard InChI is InChI=1S/C10H18FO5P/c1-7(2)16-10-8(11)5-15-9(10)3-4-17(13,14)6-12/h3-4,7-10,12H,5-6H2,1-2H3,(H,13,14)/b4-3+/t8-,9+,10-/m0/s1/i3D,4D. The van der Waals surface area contributed by atoms with E-state index < -0.39 is 43.9 Å². The van der Waals surface area contributed by atoms with Gasteiger partial charge in [0.1, 0.15) is 18.6 Å². The topological polar surface area (TPSA) is 76.0 Å². The smallest absolute Gasteiger partial charge is 0.246 e. The average Bonchev–Trinajstić information content (AvgIpc) is 2.68. The third-order valence-corrected chi connectivity index (χ3v) is 2.95. The van der Waals surface area contributed by atoms with E-state index in [1.165, 1.54) is 0 Å². The van der Waals surface area contributed by atoms with Gasteiger partial charge < -0.3 is 19.5 Å². The number of hydrogen-bond acceptors (Lipinski definition) is 4. The highest BCUT2D eigenvalue weighted by Crippen LogP contribution is 2.41. The number of rotatable bonds is 5. The zero-order chi connectivity index (χ0) is 14.8. The lowest BCUT2D eigenvalue weighted by Gasteiger charge is -2.20. The second-order valence-electron chi connectivity index (χ2n) is 4.02. The highest BCUT2D eigenvalue weighted by atomic mass is 31.2. The SMILES string of the molecule is [2H]/C(=C(/[2H])P(=O)(O)CO)[C@H]1OC[C@H](F)[C@@H]1OC(C)C. The maximum atomic E-state index is 13.6. The fourth-order valence-electron chi connectivity index (χ4n) is 1.37. The van der Waals surface area contributed by atoms with Crippen LogP contribution < -0.4 is 0 Å². The quantitative estimate of drug-likeness (QED) is 0.735. The van der Waals surface area contributed by atoms with Crippen molar-refractivity contribution in [1.82, 2.24) is 0 Å². The van der Waals surface area contributed by atoms with E-state index in [0.717, 1.165) is 0 Å². The van der Waals surface area contributed by atoms with Crippen molar-refractivity contribution < 1.29 is 31.2 Å². The molecule has 0 radical (unpaired) electrons. The highest BCUT2D eigenvalue weighted by Gasteiger charge is 2.37. The Morgan fingerprint density at radius 1 is 1.76 bits per heavy atom. The third kappa shape index (κ3) is 4.48. The van der Waals surface area contributed by atoms with E-state index in [1.807, 2.05) is 0 Å². The van der Waals surface area contributed by atoms with Crippen LogP contribution in [0, 0.1) is 0 Å². The Kier molecular flexibility index (Phi) is 4.22. The number of ether oxygens (including phenoxy) is 2. The van der Waals surface area contributed by atoms with E-state index in [9.17, 15) is 13.8 Å². The molecule has 5 nitrogen and oxygen atoms in total. The van der Waals surface area contributed by atoms with Gasteiger partial charge in [0, 0.05) is 5.79 Å². The first-order chi connectivity index (χ1) is 8.70. The molecule has 7 heteroatoms. The first kappa shape index (κ1) is 11.8. The summed E-state index contributed by atoms with van der Waals surface area (Å²) in [5.74, 6) is -0.938. The molecular formula is C10H18FO5P. The minimum absolute atomic E-state index is 0.299. The second-order valence-corrected chi connectivity index (χ2v) is 5.93. The first-order valence-corrected chi connectivity index (χ1v) is 7.07. The Hall–Kier alpha value is -0.260. The zero-order valence-corrected chi connectivity index (χ0v) is 10.6. The van der Waals surface area contributed by atoms with Crippen molar-refractivity contribution in [1.29, 1.82) is 0 Å². The fourth-order valence-corrected chi connectivity index (χ4v) is 1.77. The van der Waals surface area contributed by atoms with Crippen LogP contribution >= 0.6 is 7.37 Å². The lowest BCUT2D eigenvalue weighted by atomic mass is 10.1. The lowest BCUT2D eigenvalue weighted by Crippen LogP contribution is -2.32. The van der Waals surface area contributed by atoms with Gasteiger partial charge in [-0.05, 0) is 19.9 Å². The maximum Gasteiger partial charge on any atom is 0.246 e. The Labute approximate surface area is 102 Å². The predicted molar refractivity (Wildman–Crippen MR) is 60.7 cm³/mol. The van der Waals surface area contributed by atoms with Crippen LogP contribution in [0.1, 0.15) is 16.6 Å². The van der Waals surface area contributed by atoms with Crippen molar-refractivity contribution in [3.05, 3.63) is 11.8 Å². The molecule has 4 atom stereocenters. The molecule has 0 spiro atoms. The van der Waals surface area contributed by atoms with E-state index in [4.69, 9.17) is 17.3 Å². The molecule has 2 N–H and O–H groups in total. The van der Waals surface area contributed by atoms with E-state index >= 15 is 0 Å². The summed E-state index contributed by atoms with van der Waals surface area (Å²) in [4.78, 5) is 9.31. The summed E-state index contributed by atoms with van der Waals surface area (Å²) in [7, 11) is -4.30. The molecule has 1 fully saturated rings. The molecule has 0 aromatic heterocycles. The maximum absolute atomic E-state index is 13.6. The van der Waals surface area contributed by atoms with Gasteiger partial charge in [-0.3, -0.25) is 4.57 Å². The molecule has 0 aromatic rings. The molecule has 17 heavy (non-hydrogen) atoms. The molecule has 1 aliphatic rings. The summed E-state index contributed by atoms with van der Waals surface area (Å²) < 4.78 is 50.5. The van der Waals surface area contributed by atoms with Crippen LogP contribution in [0.4, 0.5) is 4.39 Å². The summed E-state index contributed by atoms with van der Waals surface area (Å²) in [6.45, 7) is 3.07. The summed E-state index contributed by atoms with van der Waals surface area (Å²) in [5.41, 5.74) is 0. The summed E-state index contributed by atoms with van der Waals surface area (Å²) in [6.07, 6.45) is -5.22. The van der Waals surface area contributed by atoms with E-state index in [2.05, 4.69) is 0 Å². The van der Waals surface area contributed by atoms with Crippen molar-refractivity contribution in [3.63, 3.8) is 0 Å². The van der Waals surface area contributed by atoms with Gasteiger partial charge in [-0.15, -0.1) is 0 Å². The van der Waals surface area contributed by atoms with E-state index in [1.54, 1.807) is 13.8 Å². The molecular weight excluding hydrogens is 250 g/mol. The Morgan fingerprint density at radius 3 is 2.94 bits per heavy atom. The predicted octanol–water partition coefficient (Wildman–Crippen LogP) is 1.25. The van der Waals surface area contributed by atoms with Crippen LogP contribution in [0.3, 0.4) is 0 Å². The van der Waals surface area contributed by atoms with Gasteiger partial charge in [-0.1, -0.05) is 0 Å². The number of hydrogen-bond donors (Lipinski definition) is 2. The minimum Gasteiger partial charge on any atom is -0.386 e. The van der Waals surface area contributed by atoms with Crippen molar-refractivity contribution in [2.24, 2.45) is 0 Å². The molecule has 0 amide bonds. The minimum atomic E-state index is -4.30. The highest BCUT2D eigenvalue weighted by molar-refractivity contribution is 7.61. The van der Waals surface area contributed by atoms with Crippen molar-refractivity contribution >= 4 is 7.37 Å². The average molecular weight is 270 g/mol. The third-order valence-electron chi connectivity index (χ3n) is 2.09. The Balaban J connectivity index is 3.00. The largest absolute Gasteiger partial charge is 0.386 e. The van der Waals surface area contributed by atoms with Gasteiger partial charge in [0.25, 0.3) is 0 Å². The molecule has 0 saturated carbocycles. The van der Waals surface area contributed by atoms with Gasteiger partial charge >= 0.3 is 0 Å². The number of halogens is 1. The number of aliphatic hydroxyl groups excluding tert-OH is 1. The Morgan fingerprint density at radius 2 is 2.41 bits per heavy atom. The molecule has 0 bridgehead atoms. The van der Waals surface area contributed by atoms with Crippen LogP contribution in [0.5, 0.6) is 0 Å². The molecule has 100 valence electrons. The van der Waals surface area contributed by atoms with Crippen LogP contribution in [0.15, 0.2) is 11.8 Å². The van der Waals surface area contributed by atoms with E-state index in [0.29, 0.717) is 0 Å². The van der Waals surface area contributed by atoms with Gasteiger partial charge in [0.2, 0.25) is 7.37 Å². The van der Waals surface area contributed by atoms with Crippen molar-refractivity contribution in [2.75, 3.05) is 13.0 Å². The Bertz CT molecular complexity index is 403. The van der Waals surface area contributed by atoms with Gasteiger partial charge in [-0.25, -0.2) is 4.39 Å². The normalized spacial score (nSPS) is 36.2. The van der Waals surface area contributed by atoms with Crippen LogP contribution in [0.2, 0.25) is 0 Å². The van der Waals surface area contributed by atoms with Crippen molar-refractivity contribution in [2.45, 2.75) is 38.3 Å². The van der Waals surface area contributed by atoms with Gasteiger partial charge in [0.15, 0.2) is 6.17 Å². The summed E-state index contributed by atoms with van der Waals surface area (Å²) in [6, 6.07) is -0.634. The fraction of sp³-hybridized carbons (Fsp3) is 0.800. The first-order valence-electron chi connectivity index (χ1n) is 6.22. The molecule has 0 aromatic carbocycles. The van der Waals surface area contributed by atoms with Crippen LogP contribution in [-0.2, 0) is 14.0 Å². The van der Waals surface area contributed by atoms with Gasteiger partial charge in [0.05, 0.1) is 15.5 Å². The molecule has 1 aliphatic heterocycles. The number of alkyl halides is 1. The van der Waals surface area contributed by atoms with Gasteiger partial charge in [-0.2, -0.15) is 0 Å². The molecule has 1 saturated heterocycles. The van der Waals surface area contributed by atoms with E-state index in [-0.39, 0.29) is 12.7 Å². The molecule has 1 heterocycles. The lowest BCUT2D eigenvalue weighted by molar-refractivity contribution is -0.0385. The summed E-state index contributed by atoms with van der Waals surface area (Å²) in [5, 5.41) is 8.72. The monoisotopic (exact) mass is 270 g/mol. The van der Waals surface area contributed by atoms with Crippen LogP contribution in [0.25, 0.3) is 0 Å². The second kappa shape index (κ2) is 6.07.